The predicted molar refractivity (Wildman–Crippen MR) is 95.2 cm³/mol. The van der Waals surface area contributed by atoms with Gasteiger partial charge in [0.15, 0.2) is 4.77 Å². The first-order valence-electron chi connectivity index (χ1n) is 7.73. The number of rotatable bonds is 6. The Morgan fingerprint density at radius 3 is 2.58 bits per heavy atom. The van der Waals surface area contributed by atoms with Gasteiger partial charge in [-0.1, -0.05) is 36.4 Å². The highest BCUT2D eigenvalue weighted by molar-refractivity contribution is 7.71. The second-order valence-corrected chi connectivity index (χ2v) is 5.71. The molecule has 0 aliphatic carbocycles. The maximum absolute atomic E-state index is 12.6. The van der Waals surface area contributed by atoms with Crippen LogP contribution in [0.25, 0.3) is 5.69 Å². The fourth-order valence-corrected chi connectivity index (χ4v) is 2.76. The summed E-state index contributed by atoms with van der Waals surface area (Å²) < 4.78 is 31.4. The SMILES string of the molecule is O=C(NCc1ccccc1OC(F)F)c1c[nH]c(=S)n1-c1ccccc1. The van der Waals surface area contributed by atoms with E-state index in [2.05, 4.69) is 15.0 Å². The molecule has 0 aliphatic rings. The second kappa shape index (κ2) is 7.92. The maximum Gasteiger partial charge on any atom is 0.387 e. The number of hydrogen-bond donors (Lipinski definition) is 2. The molecule has 3 rings (SSSR count). The molecule has 2 aromatic carbocycles. The van der Waals surface area contributed by atoms with Gasteiger partial charge in [0, 0.05) is 24.0 Å². The standard InChI is InChI=1S/C18H15F2N3O2S/c19-17(20)25-15-9-5-4-6-12(15)10-21-16(24)14-11-22-18(26)23(14)13-7-2-1-3-8-13/h1-9,11,17H,10H2,(H,21,24)(H,22,26). The van der Waals surface area contributed by atoms with Crippen molar-refractivity contribution in [1.29, 1.82) is 0 Å². The van der Waals surface area contributed by atoms with E-state index in [9.17, 15) is 13.6 Å². The highest BCUT2D eigenvalue weighted by Gasteiger charge is 2.15. The first-order valence-corrected chi connectivity index (χ1v) is 8.14. The smallest absolute Gasteiger partial charge is 0.387 e. The molecular weight excluding hydrogens is 360 g/mol. The first kappa shape index (κ1) is 17.8. The molecule has 0 bridgehead atoms. The summed E-state index contributed by atoms with van der Waals surface area (Å²) in [5.74, 6) is -0.371. The average Bonchev–Trinajstić information content (AvgIpc) is 3.02. The molecule has 0 saturated carbocycles. The zero-order valence-electron chi connectivity index (χ0n) is 13.5. The van der Waals surface area contributed by atoms with Gasteiger partial charge in [0.05, 0.1) is 0 Å². The molecule has 0 atom stereocenters. The fraction of sp³-hybridized carbons (Fsp3) is 0.111. The third-order valence-corrected chi connectivity index (χ3v) is 3.95. The van der Waals surface area contributed by atoms with E-state index in [1.54, 1.807) is 22.8 Å². The number of carbonyl (C=O) groups is 1. The van der Waals surface area contributed by atoms with Crippen LogP contribution in [0.1, 0.15) is 16.1 Å². The Bertz CT molecular complexity index is 954. The van der Waals surface area contributed by atoms with Gasteiger partial charge in [-0.2, -0.15) is 8.78 Å². The molecule has 3 aromatic rings. The van der Waals surface area contributed by atoms with E-state index >= 15 is 0 Å². The second-order valence-electron chi connectivity index (χ2n) is 5.32. The number of para-hydroxylation sites is 2. The molecule has 1 aromatic heterocycles. The number of nitrogens with zero attached hydrogens (tertiary/aromatic N) is 1. The van der Waals surface area contributed by atoms with Crippen molar-refractivity contribution in [3.8, 4) is 11.4 Å². The van der Waals surface area contributed by atoms with Crippen LogP contribution in [-0.4, -0.2) is 22.1 Å². The molecular formula is C18H15F2N3O2S. The molecule has 0 saturated heterocycles. The molecule has 0 spiro atoms. The summed E-state index contributed by atoms with van der Waals surface area (Å²) in [4.78, 5) is 15.4. The van der Waals surface area contributed by atoms with Crippen molar-refractivity contribution >= 4 is 18.1 Å². The van der Waals surface area contributed by atoms with Gasteiger partial charge in [0.25, 0.3) is 5.91 Å². The number of H-pyrrole nitrogens is 1. The van der Waals surface area contributed by atoms with Gasteiger partial charge in [-0.25, -0.2) is 0 Å². The Kier molecular flexibility index (Phi) is 5.43. The van der Waals surface area contributed by atoms with Gasteiger partial charge in [0.1, 0.15) is 11.4 Å². The lowest BCUT2D eigenvalue weighted by Gasteiger charge is -2.12. The number of imidazole rings is 1. The van der Waals surface area contributed by atoms with Crippen LogP contribution in [0.5, 0.6) is 5.75 Å². The molecule has 0 aliphatic heterocycles. The zero-order chi connectivity index (χ0) is 18.5. The number of aromatic nitrogens is 2. The van der Waals surface area contributed by atoms with Crippen LogP contribution in [0, 0.1) is 4.77 Å². The summed E-state index contributed by atoms with van der Waals surface area (Å²) in [6, 6.07) is 15.5. The number of alkyl halides is 2. The topological polar surface area (TPSA) is 59.0 Å². The van der Waals surface area contributed by atoms with Crippen molar-refractivity contribution in [3.05, 3.63) is 76.8 Å². The number of carbonyl (C=O) groups excluding carboxylic acids is 1. The first-order chi connectivity index (χ1) is 12.6. The third-order valence-electron chi connectivity index (χ3n) is 3.65. The minimum atomic E-state index is -2.93. The molecule has 0 fully saturated rings. The minimum absolute atomic E-state index is 0.0248. The van der Waals surface area contributed by atoms with Gasteiger partial charge in [-0.05, 0) is 30.4 Å². The lowest BCUT2D eigenvalue weighted by molar-refractivity contribution is -0.0504. The number of aromatic amines is 1. The molecule has 26 heavy (non-hydrogen) atoms. The third kappa shape index (κ3) is 3.97. The van der Waals surface area contributed by atoms with Crippen LogP contribution in [0.4, 0.5) is 8.78 Å². The molecule has 5 nitrogen and oxygen atoms in total. The van der Waals surface area contributed by atoms with E-state index < -0.39 is 12.5 Å². The Morgan fingerprint density at radius 1 is 1.15 bits per heavy atom. The Hall–Kier alpha value is -3.00. The molecule has 1 heterocycles. The molecule has 8 heteroatoms. The van der Waals surface area contributed by atoms with Crippen LogP contribution in [0.15, 0.2) is 60.8 Å². The maximum atomic E-state index is 12.6. The van der Waals surface area contributed by atoms with Crippen molar-refractivity contribution in [2.45, 2.75) is 13.2 Å². The highest BCUT2D eigenvalue weighted by Crippen LogP contribution is 2.20. The van der Waals surface area contributed by atoms with Crippen molar-refractivity contribution in [2.75, 3.05) is 0 Å². The summed E-state index contributed by atoms with van der Waals surface area (Å²) in [6.45, 7) is -2.89. The summed E-state index contributed by atoms with van der Waals surface area (Å²) in [7, 11) is 0. The molecule has 134 valence electrons. The van der Waals surface area contributed by atoms with Gasteiger partial charge in [-0.15, -0.1) is 0 Å². The van der Waals surface area contributed by atoms with Crippen molar-refractivity contribution < 1.29 is 18.3 Å². The predicted octanol–water partition coefficient (Wildman–Crippen LogP) is 4.07. The molecule has 0 radical (unpaired) electrons. The fourth-order valence-electron chi connectivity index (χ4n) is 2.50. The number of halogens is 2. The van der Waals surface area contributed by atoms with Crippen LogP contribution < -0.4 is 10.1 Å². The lowest BCUT2D eigenvalue weighted by atomic mass is 10.2. The summed E-state index contributed by atoms with van der Waals surface area (Å²) in [6.07, 6.45) is 1.51. The van der Waals surface area contributed by atoms with Crippen molar-refractivity contribution in [3.63, 3.8) is 0 Å². The van der Waals surface area contributed by atoms with E-state index in [-0.39, 0.29) is 12.3 Å². The monoisotopic (exact) mass is 375 g/mol. The van der Waals surface area contributed by atoms with Gasteiger partial charge >= 0.3 is 6.61 Å². The summed E-state index contributed by atoms with van der Waals surface area (Å²) in [5, 5.41) is 2.70. The van der Waals surface area contributed by atoms with Gasteiger partial charge < -0.3 is 15.0 Å². The van der Waals surface area contributed by atoms with E-state index in [0.29, 0.717) is 16.0 Å². The van der Waals surface area contributed by atoms with Crippen LogP contribution >= 0.6 is 12.2 Å². The minimum Gasteiger partial charge on any atom is -0.434 e. The number of benzene rings is 2. The molecule has 0 unspecified atom stereocenters. The summed E-state index contributed by atoms with van der Waals surface area (Å²) in [5.41, 5.74) is 1.50. The average molecular weight is 375 g/mol. The van der Waals surface area contributed by atoms with E-state index in [1.807, 2.05) is 30.3 Å². The quantitative estimate of drug-likeness (QED) is 0.639. The lowest BCUT2D eigenvalue weighted by Crippen LogP contribution is -2.25. The normalized spacial score (nSPS) is 10.7. The Morgan fingerprint density at radius 2 is 1.85 bits per heavy atom. The van der Waals surface area contributed by atoms with E-state index in [1.165, 1.54) is 12.3 Å². The Balaban J connectivity index is 1.80. The number of ether oxygens (including phenoxy) is 1. The van der Waals surface area contributed by atoms with Crippen LogP contribution in [0.3, 0.4) is 0 Å². The van der Waals surface area contributed by atoms with Crippen molar-refractivity contribution in [2.24, 2.45) is 0 Å². The molecule has 2 N–H and O–H groups in total. The Labute approximate surface area is 153 Å². The number of hydrogen-bond acceptors (Lipinski definition) is 3. The highest BCUT2D eigenvalue weighted by atomic mass is 32.1. The van der Waals surface area contributed by atoms with Crippen molar-refractivity contribution in [1.82, 2.24) is 14.9 Å². The molecule has 1 amide bonds. The van der Waals surface area contributed by atoms with E-state index in [4.69, 9.17) is 12.2 Å². The largest absolute Gasteiger partial charge is 0.434 e. The zero-order valence-corrected chi connectivity index (χ0v) is 14.3. The number of amides is 1. The van der Waals surface area contributed by atoms with Gasteiger partial charge in [0.2, 0.25) is 0 Å². The summed E-state index contributed by atoms with van der Waals surface area (Å²) >= 11 is 5.24. The van der Waals surface area contributed by atoms with Gasteiger partial charge in [-0.3, -0.25) is 9.36 Å². The number of nitrogens with one attached hydrogen (secondary N) is 2. The van der Waals surface area contributed by atoms with Crippen LogP contribution in [-0.2, 0) is 6.54 Å². The van der Waals surface area contributed by atoms with Crippen LogP contribution in [0.2, 0.25) is 0 Å². The van der Waals surface area contributed by atoms with E-state index in [0.717, 1.165) is 5.69 Å².